The summed E-state index contributed by atoms with van der Waals surface area (Å²) in [4.78, 5) is 23.4. The third kappa shape index (κ3) is 4.52. The molecule has 0 unspecified atom stereocenters. The summed E-state index contributed by atoms with van der Waals surface area (Å²) in [6, 6.07) is 0. The maximum absolute atomic E-state index is 12.0. The fourth-order valence-electron chi connectivity index (χ4n) is 1.55. The Balaban J connectivity index is 2.91. The molecule has 0 aliphatic rings. The first-order valence-electron chi connectivity index (χ1n) is 6.22. The van der Waals surface area contributed by atoms with E-state index in [2.05, 4.69) is 9.97 Å². The van der Waals surface area contributed by atoms with Gasteiger partial charge in [0, 0.05) is 21.1 Å². The number of aromatic nitrogens is 2. The van der Waals surface area contributed by atoms with E-state index in [-0.39, 0.29) is 6.54 Å². The maximum atomic E-state index is 12.0. The minimum Gasteiger partial charge on any atom is -0.444 e. The van der Waals surface area contributed by atoms with Crippen LogP contribution in [-0.4, -0.2) is 47.7 Å². The summed E-state index contributed by atoms with van der Waals surface area (Å²) in [6.07, 6.45) is 0.983. The lowest BCUT2D eigenvalue weighted by Crippen LogP contribution is -2.34. The Morgan fingerprint density at radius 2 is 1.90 bits per heavy atom. The van der Waals surface area contributed by atoms with E-state index in [4.69, 9.17) is 16.3 Å². The number of amides is 1. The van der Waals surface area contributed by atoms with E-state index >= 15 is 0 Å². The second kappa shape index (κ2) is 6.26. The van der Waals surface area contributed by atoms with Gasteiger partial charge in [0.15, 0.2) is 0 Å². The molecule has 1 aromatic rings. The van der Waals surface area contributed by atoms with Crippen LogP contribution < -0.4 is 4.90 Å². The van der Waals surface area contributed by atoms with Crippen LogP contribution >= 0.6 is 11.6 Å². The van der Waals surface area contributed by atoms with Crippen LogP contribution in [-0.2, 0) is 11.3 Å². The zero-order valence-corrected chi connectivity index (χ0v) is 13.5. The molecule has 1 aromatic heterocycles. The van der Waals surface area contributed by atoms with Gasteiger partial charge in [-0.25, -0.2) is 14.8 Å². The van der Waals surface area contributed by atoms with Crippen LogP contribution in [0.3, 0.4) is 0 Å². The molecular weight excluding hydrogens is 280 g/mol. The molecule has 0 spiro atoms. The number of ether oxygens (including phenoxy) is 1. The number of halogens is 1. The van der Waals surface area contributed by atoms with Crippen molar-refractivity contribution in [3.05, 3.63) is 17.0 Å². The fourth-order valence-corrected chi connectivity index (χ4v) is 1.73. The third-order valence-corrected chi connectivity index (χ3v) is 2.72. The van der Waals surface area contributed by atoms with E-state index in [9.17, 15) is 4.79 Å². The van der Waals surface area contributed by atoms with Crippen LogP contribution in [0.2, 0.25) is 5.15 Å². The Bertz CT molecular complexity index is 486. The summed E-state index contributed by atoms with van der Waals surface area (Å²) < 4.78 is 5.30. The minimum absolute atomic E-state index is 0.280. The van der Waals surface area contributed by atoms with Crippen LogP contribution in [0, 0.1) is 0 Å². The molecule has 1 rings (SSSR count). The molecule has 20 heavy (non-hydrogen) atoms. The van der Waals surface area contributed by atoms with Crippen LogP contribution in [0.4, 0.5) is 10.6 Å². The second-order valence-electron chi connectivity index (χ2n) is 5.70. The van der Waals surface area contributed by atoms with Gasteiger partial charge < -0.3 is 14.5 Å². The average Bonchev–Trinajstić information content (AvgIpc) is 2.28. The normalized spacial score (nSPS) is 11.2. The van der Waals surface area contributed by atoms with Gasteiger partial charge in [-0.15, -0.1) is 0 Å². The molecule has 0 aromatic carbocycles. The van der Waals surface area contributed by atoms with Crippen LogP contribution in [0.1, 0.15) is 26.3 Å². The van der Waals surface area contributed by atoms with Crippen molar-refractivity contribution in [3.8, 4) is 0 Å². The second-order valence-corrected chi connectivity index (χ2v) is 6.06. The van der Waals surface area contributed by atoms with Crippen molar-refractivity contribution in [3.63, 3.8) is 0 Å². The first kappa shape index (κ1) is 16.5. The van der Waals surface area contributed by atoms with Gasteiger partial charge in [-0.05, 0) is 20.8 Å². The molecule has 1 amide bonds. The monoisotopic (exact) mass is 300 g/mol. The smallest absolute Gasteiger partial charge is 0.410 e. The Hall–Kier alpha value is -1.56. The number of anilines is 1. The topological polar surface area (TPSA) is 58.6 Å². The van der Waals surface area contributed by atoms with E-state index in [1.54, 1.807) is 7.05 Å². The van der Waals surface area contributed by atoms with Gasteiger partial charge in [0.2, 0.25) is 0 Å². The fraction of sp³-hybridized carbons (Fsp3) is 0.615. The summed E-state index contributed by atoms with van der Waals surface area (Å²) in [5.41, 5.74) is 0.153. The highest BCUT2D eigenvalue weighted by Gasteiger charge is 2.22. The largest absolute Gasteiger partial charge is 0.444 e. The molecular formula is C13H21ClN4O2. The minimum atomic E-state index is -0.535. The summed E-state index contributed by atoms with van der Waals surface area (Å²) in [5.74, 6) is 0.681. The molecule has 0 fully saturated rings. The number of rotatable bonds is 3. The van der Waals surface area contributed by atoms with Crippen molar-refractivity contribution in [2.24, 2.45) is 0 Å². The van der Waals surface area contributed by atoms with Crippen molar-refractivity contribution >= 4 is 23.5 Å². The van der Waals surface area contributed by atoms with Gasteiger partial charge in [-0.2, -0.15) is 0 Å². The Morgan fingerprint density at radius 1 is 1.30 bits per heavy atom. The molecule has 0 radical (unpaired) electrons. The number of hydrogen-bond donors (Lipinski definition) is 0. The molecule has 0 N–H and O–H groups in total. The highest BCUT2D eigenvalue weighted by atomic mass is 35.5. The summed E-state index contributed by atoms with van der Waals surface area (Å²) in [7, 11) is 5.36. The first-order chi connectivity index (χ1) is 9.11. The van der Waals surface area contributed by atoms with E-state index in [1.165, 1.54) is 11.2 Å². The number of carbonyl (C=O) groups excluding carboxylic acids is 1. The van der Waals surface area contributed by atoms with Gasteiger partial charge in [0.05, 0.1) is 12.1 Å². The summed E-state index contributed by atoms with van der Waals surface area (Å²) in [5, 5.41) is 0.333. The highest BCUT2D eigenvalue weighted by Crippen LogP contribution is 2.23. The van der Waals surface area contributed by atoms with Crippen LogP contribution in [0.15, 0.2) is 6.33 Å². The molecule has 0 aliphatic heterocycles. The van der Waals surface area contributed by atoms with Gasteiger partial charge in [-0.1, -0.05) is 11.6 Å². The van der Waals surface area contributed by atoms with Gasteiger partial charge >= 0.3 is 6.09 Å². The molecule has 1 heterocycles. The van der Waals surface area contributed by atoms with Gasteiger partial charge in [0.1, 0.15) is 22.9 Å². The number of carbonyl (C=O) groups is 1. The Morgan fingerprint density at radius 3 is 2.40 bits per heavy atom. The zero-order chi connectivity index (χ0) is 15.5. The molecule has 112 valence electrons. The quantitative estimate of drug-likeness (QED) is 0.803. The zero-order valence-electron chi connectivity index (χ0n) is 12.8. The van der Waals surface area contributed by atoms with Crippen molar-refractivity contribution in [1.82, 2.24) is 14.9 Å². The molecule has 0 saturated heterocycles. The lowest BCUT2D eigenvalue weighted by Gasteiger charge is -2.26. The highest BCUT2D eigenvalue weighted by molar-refractivity contribution is 6.30. The lowest BCUT2D eigenvalue weighted by atomic mass is 10.2. The molecule has 0 saturated carbocycles. The van der Waals surface area contributed by atoms with E-state index in [0.29, 0.717) is 16.5 Å². The van der Waals surface area contributed by atoms with Crippen molar-refractivity contribution in [2.75, 3.05) is 26.0 Å². The Kier molecular flexibility index (Phi) is 5.16. The average molecular weight is 301 g/mol. The van der Waals surface area contributed by atoms with E-state index in [0.717, 1.165) is 0 Å². The van der Waals surface area contributed by atoms with Crippen molar-refractivity contribution < 1.29 is 9.53 Å². The van der Waals surface area contributed by atoms with E-state index < -0.39 is 11.7 Å². The van der Waals surface area contributed by atoms with Crippen molar-refractivity contribution in [1.29, 1.82) is 0 Å². The van der Waals surface area contributed by atoms with Gasteiger partial charge in [0.25, 0.3) is 0 Å². The maximum Gasteiger partial charge on any atom is 0.410 e. The Labute approximate surface area is 124 Å². The SMILES string of the molecule is CN(Cc1c(Cl)ncnc1N(C)C)C(=O)OC(C)(C)C. The number of hydrogen-bond acceptors (Lipinski definition) is 5. The number of nitrogens with zero attached hydrogens (tertiary/aromatic N) is 4. The molecule has 0 aliphatic carbocycles. The molecule has 7 heteroatoms. The van der Waals surface area contributed by atoms with Crippen molar-refractivity contribution in [2.45, 2.75) is 32.9 Å². The molecule has 0 atom stereocenters. The van der Waals surface area contributed by atoms with Gasteiger partial charge in [-0.3, -0.25) is 0 Å². The standard InChI is InChI=1S/C13H21ClN4O2/c1-13(2,3)20-12(19)18(6)7-9-10(14)15-8-16-11(9)17(4)5/h8H,7H2,1-6H3. The predicted molar refractivity (Wildman–Crippen MR) is 79.1 cm³/mol. The predicted octanol–water partition coefficient (Wildman–Crippen LogP) is 2.56. The molecule has 6 nitrogen and oxygen atoms in total. The summed E-state index contributed by atoms with van der Waals surface area (Å²) in [6.45, 7) is 5.75. The first-order valence-corrected chi connectivity index (χ1v) is 6.60. The molecule has 0 bridgehead atoms. The lowest BCUT2D eigenvalue weighted by molar-refractivity contribution is 0.0285. The van der Waals surface area contributed by atoms with E-state index in [1.807, 2.05) is 39.8 Å². The van der Waals surface area contributed by atoms with Crippen LogP contribution in [0.5, 0.6) is 0 Å². The third-order valence-electron chi connectivity index (χ3n) is 2.39. The van der Waals surface area contributed by atoms with Crippen LogP contribution in [0.25, 0.3) is 0 Å². The summed E-state index contributed by atoms with van der Waals surface area (Å²) >= 11 is 6.10.